The summed E-state index contributed by atoms with van der Waals surface area (Å²) in [6.07, 6.45) is 1.56. The fourth-order valence-electron chi connectivity index (χ4n) is 2.68. The summed E-state index contributed by atoms with van der Waals surface area (Å²) in [7, 11) is 0. The van der Waals surface area contributed by atoms with Gasteiger partial charge < -0.3 is 20.2 Å². The van der Waals surface area contributed by atoms with Gasteiger partial charge in [0.1, 0.15) is 11.9 Å². The van der Waals surface area contributed by atoms with Crippen LogP contribution in [0.5, 0.6) is 11.6 Å². The summed E-state index contributed by atoms with van der Waals surface area (Å²) in [4.78, 5) is 27.9. The van der Waals surface area contributed by atoms with E-state index in [1.54, 1.807) is 29.8 Å². The van der Waals surface area contributed by atoms with E-state index >= 15 is 0 Å². The van der Waals surface area contributed by atoms with E-state index in [1.165, 1.54) is 21.8 Å². The molecule has 0 saturated carbocycles. The Morgan fingerprint density at radius 1 is 1.21 bits per heavy atom. The van der Waals surface area contributed by atoms with Gasteiger partial charge in [0.05, 0.1) is 0 Å². The minimum atomic E-state index is -0.543. The van der Waals surface area contributed by atoms with Crippen molar-refractivity contribution in [1.29, 1.82) is 0 Å². The van der Waals surface area contributed by atoms with Crippen LogP contribution in [0.2, 0.25) is 0 Å². The first-order valence-electron chi connectivity index (χ1n) is 8.32. The second-order valence-electron chi connectivity index (χ2n) is 5.85. The average Bonchev–Trinajstić information content (AvgIpc) is 3.27. The molecule has 0 bridgehead atoms. The zero-order valence-corrected chi connectivity index (χ0v) is 15.3. The van der Waals surface area contributed by atoms with Crippen molar-refractivity contribution >= 4 is 28.0 Å². The van der Waals surface area contributed by atoms with Crippen LogP contribution < -0.4 is 10.1 Å². The monoisotopic (exact) mass is 394 g/mol. The van der Waals surface area contributed by atoms with Crippen molar-refractivity contribution in [2.45, 2.75) is 6.54 Å². The van der Waals surface area contributed by atoms with Crippen molar-refractivity contribution in [3.05, 3.63) is 87.4 Å². The van der Waals surface area contributed by atoms with Gasteiger partial charge >= 0.3 is 11.7 Å². The van der Waals surface area contributed by atoms with E-state index in [0.29, 0.717) is 22.8 Å². The molecule has 0 spiro atoms. The minimum absolute atomic E-state index is 0.112. The van der Waals surface area contributed by atoms with Gasteiger partial charge in [-0.1, -0.05) is 47.7 Å². The molecule has 140 valence electrons. The Morgan fingerprint density at radius 2 is 2.04 bits per heavy atom. The Hall–Kier alpha value is -3.72. The third-order valence-electron chi connectivity index (χ3n) is 3.99. The predicted molar refractivity (Wildman–Crippen MR) is 104 cm³/mol. The number of nitrogens with one attached hydrogen (secondary N) is 1. The van der Waals surface area contributed by atoms with Gasteiger partial charge in [-0.15, -0.1) is 0 Å². The highest BCUT2D eigenvalue weighted by molar-refractivity contribution is 7.15. The predicted octanol–water partition coefficient (Wildman–Crippen LogP) is 4.03. The first-order valence-corrected chi connectivity index (χ1v) is 9.20. The number of carbonyl (C=O) groups excluding carboxylic acids is 1. The van der Waals surface area contributed by atoms with E-state index in [9.17, 15) is 14.9 Å². The summed E-state index contributed by atoms with van der Waals surface area (Å²) in [6.45, 7) is 0.396. The van der Waals surface area contributed by atoms with Crippen molar-refractivity contribution in [2.24, 2.45) is 0 Å². The van der Waals surface area contributed by atoms with Gasteiger partial charge in [0.15, 0.2) is 0 Å². The molecular formula is C19H14N4O4S. The SMILES string of the molecule is O=C(NCc1ccccc1)c1cccc(Oc2nc3sccn3c2[N+](=O)[O-])c1. The van der Waals surface area contributed by atoms with E-state index in [4.69, 9.17) is 4.74 Å². The number of amides is 1. The molecule has 0 fully saturated rings. The maximum atomic E-state index is 12.4. The number of hydrogen-bond donors (Lipinski definition) is 1. The number of rotatable bonds is 6. The maximum absolute atomic E-state index is 12.4. The Morgan fingerprint density at radius 3 is 2.82 bits per heavy atom. The van der Waals surface area contributed by atoms with Crippen LogP contribution in [0.3, 0.4) is 0 Å². The lowest BCUT2D eigenvalue weighted by atomic mass is 10.2. The van der Waals surface area contributed by atoms with Crippen LogP contribution in [-0.4, -0.2) is 20.2 Å². The summed E-state index contributed by atoms with van der Waals surface area (Å²) in [5.41, 5.74) is 1.37. The maximum Gasteiger partial charge on any atom is 0.393 e. The number of hydrogen-bond acceptors (Lipinski definition) is 6. The number of ether oxygens (including phenoxy) is 1. The second-order valence-corrected chi connectivity index (χ2v) is 6.72. The van der Waals surface area contributed by atoms with Crippen LogP contribution in [0.25, 0.3) is 4.96 Å². The average molecular weight is 394 g/mol. The molecule has 0 aliphatic carbocycles. The minimum Gasteiger partial charge on any atom is -0.432 e. The third-order valence-corrected chi connectivity index (χ3v) is 4.74. The van der Waals surface area contributed by atoms with E-state index in [0.717, 1.165) is 5.56 Å². The molecule has 0 aliphatic rings. The van der Waals surface area contributed by atoms with Gasteiger partial charge in [-0.2, -0.15) is 9.38 Å². The lowest BCUT2D eigenvalue weighted by molar-refractivity contribution is -0.391. The quantitative estimate of drug-likeness (QED) is 0.393. The van der Waals surface area contributed by atoms with Crippen molar-refractivity contribution in [2.75, 3.05) is 0 Å². The number of imidazole rings is 1. The number of fused-ring (bicyclic) bond motifs is 1. The van der Waals surface area contributed by atoms with Crippen molar-refractivity contribution in [1.82, 2.24) is 14.7 Å². The summed E-state index contributed by atoms with van der Waals surface area (Å²) in [5, 5.41) is 15.9. The molecule has 0 aliphatic heterocycles. The van der Waals surface area contributed by atoms with Crippen LogP contribution in [-0.2, 0) is 6.54 Å². The fraction of sp³-hybridized carbons (Fsp3) is 0.0526. The molecule has 1 N–H and O–H groups in total. The Balaban J connectivity index is 1.53. The van der Waals surface area contributed by atoms with Gasteiger partial charge in [-0.3, -0.25) is 4.79 Å². The molecule has 4 aromatic rings. The number of carbonyl (C=O) groups is 1. The van der Waals surface area contributed by atoms with Gasteiger partial charge in [0.2, 0.25) is 0 Å². The standard InChI is InChI=1S/C19H14N4O4S/c24-16(20-12-13-5-2-1-3-6-13)14-7-4-8-15(11-14)27-17-18(23(25)26)22-9-10-28-19(22)21-17/h1-11H,12H2,(H,20,24). The highest BCUT2D eigenvalue weighted by Crippen LogP contribution is 2.33. The summed E-state index contributed by atoms with van der Waals surface area (Å²) in [6, 6.07) is 16.0. The smallest absolute Gasteiger partial charge is 0.393 e. The molecule has 9 heteroatoms. The lowest BCUT2D eigenvalue weighted by Gasteiger charge is -2.07. The molecule has 0 saturated heterocycles. The largest absolute Gasteiger partial charge is 0.432 e. The van der Waals surface area contributed by atoms with Gasteiger partial charge in [-0.05, 0) is 28.7 Å². The number of nitro groups is 1. The summed E-state index contributed by atoms with van der Waals surface area (Å²) in [5.74, 6) is -0.343. The Labute approximate surface area is 163 Å². The van der Waals surface area contributed by atoms with Crippen LogP contribution in [0.1, 0.15) is 15.9 Å². The first-order chi connectivity index (χ1) is 13.6. The first kappa shape index (κ1) is 17.7. The van der Waals surface area contributed by atoms with Crippen LogP contribution in [0, 0.1) is 10.1 Å². The molecule has 2 aromatic heterocycles. The number of thiazole rings is 1. The van der Waals surface area contributed by atoms with E-state index < -0.39 is 4.92 Å². The van der Waals surface area contributed by atoms with Crippen LogP contribution in [0.4, 0.5) is 5.82 Å². The molecule has 28 heavy (non-hydrogen) atoms. The van der Waals surface area contributed by atoms with E-state index in [-0.39, 0.29) is 17.6 Å². The van der Waals surface area contributed by atoms with E-state index in [2.05, 4.69) is 10.3 Å². The zero-order chi connectivity index (χ0) is 19.5. The summed E-state index contributed by atoms with van der Waals surface area (Å²) >= 11 is 1.27. The molecule has 0 unspecified atom stereocenters. The molecule has 2 heterocycles. The molecule has 1 amide bonds. The fourth-order valence-corrected chi connectivity index (χ4v) is 3.38. The van der Waals surface area contributed by atoms with Gasteiger partial charge in [0, 0.05) is 17.5 Å². The normalized spacial score (nSPS) is 10.7. The van der Waals surface area contributed by atoms with Gasteiger partial charge in [-0.25, -0.2) is 0 Å². The number of aromatic nitrogens is 2. The van der Waals surface area contributed by atoms with Crippen molar-refractivity contribution in [3.63, 3.8) is 0 Å². The van der Waals surface area contributed by atoms with Crippen LogP contribution >= 0.6 is 11.3 Å². The highest BCUT2D eigenvalue weighted by Gasteiger charge is 2.25. The Kier molecular flexibility index (Phi) is 4.73. The van der Waals surface area contributed by atoms with Gasteiger partial charge in [0.25, 0.3) is 10.9 Å². The highest BCUT2D eigenvalue weighted by atomic mass is 32.1. The number of nitrogens with zero attached hydrogens (tertiary/aromatic N) is 3. The van der Waals surface area contributed by atoms with E-state index in [1.807, 2.05) is 30.3 Å². The lowest BCUT2D eigenvalue weighted by Crippen LogP contribution is -2.22. The molecular weight excluding hydrogens is 380 g/mol. The number of benzene rings is 2. The second kappa shape index (κ2) is 7.49. The van der Waals surface area contributed by atoms with Crippen molar-refractivity contribution in [3.8, 4) is 11.6 Å². The Bertz CT molecular complexity index is 1150. The molecule has 8 nitrogen and oxygen atoms in total. The molecule has 2 aromatic carbocycles. The zero-order valence-electron chi connectivity index (χ0n) is 14.4. The topological polar surface area (TPSA) is 98.8 Å². The summed E-state index contributed by atoms with van der Waals surface area (Å²) < 4.78 is 6.98. The molecule has 4 rings (SSSR count). The third kappa shape index (κ3) is 3.55. The van der Waals surface area contributed by atoms with Crippen LogP contribution in [0.15, 0.2) is 66.2 Å². The molecule has 0 atom stereocenters. The van der Waals surface area contributed by atoms with Crippen molar-refractivity contribution < 1.29 is 14.5 Å². The molecule has 0 radical (unpaired) electrons.